The van der Waals surface area contributed by atoms with Gasteiger partial charge in [0.15, 0.2) is 22.6 Å². The Balaban J connectivity index is 0.00000280. The van der Waals surface area contributed by atoms with Crippen LogP contribution in [0, 0.1) is 5.82 Å². The highest BCUT2D eigenvalue weighted by Gasteiger charge is 2.41. The fourth-order valence-electron chi connectivity index (χ4n) is 3.28. The second-order valence-corrected chi connectivity index (χ2v) is 10.1. The lowest BCUT2D eigenvalue weighted by molar-refractivity contribution is -0.0172. The van der Waals surface area contributed by atoms with Crippen molar-refractivity contribution in [2.45, 2.75) is 38.7 Å². The van der Waals surface area contributed by atoms with Crippen molar-refractivity contribution in [3.05, 3.63) is 29.1 Å². The van der Waals surface area contributed by atoms with Gasteiger partial charge in [-0.2, -0.15) is 0 Å². The number of benzene rings is 1. The first-order valence-electron chi connectivity index (χ1n) is 9.01. The maximum absolute atomic E-state index is 13.9. The van der Waals surface area contributed by atoms with E-state index in [-0.39, 0.29) is 48.9 Å². The molecule has 10 heteroatoms. The quantitative estimate of drug-likeness (QED) is 0.369. The number of nitrogens with zero attached hydrogens (tertiary/aromatic N) is 2. The molecule has 28 heavy (non-hydrogen) atoms. The van der Waals surface area contributed by atoms with Crippen molar-refractivity contribution in [2.75, 3.05) is 32.2 Å². The van der Waals surface area contributed by atoms with Crippen LogP contribution in [-0.2, 0) is 27.7 Å². The van der Waals surface area contributed by atoms with Crippen molar-refractivity contribution in [2.24, 2.45) is 4.99 Å². The van der Waals surface area contributed by atoms with Gasteiger partial charge < -0.3 is 19.7 Å². The van der Waals surface area contributed by atoms with Gasteiger partial charge in [-0.3, -0.25) is 0 Å². The Morgan fingerprint density at radius 1 is 1.39 bits per heavy atom. The molecule has 158 valence electrons. The molecule has 0 saturated carbocycles. The summed E-state index contributed by atoms with van der Waals surface area (Å²) >= 11 is 0. The Morgan fingerprint density at radius 2 is 2.14 bits per heavy atom. The third-order valence-corrected chi connectivity index (χ3v) is 7.36. The fourth-order valence-corrected chi connectivity index (χ4v) is 4.65. The molecule has 1 aromatic rings. The standard InChI is InChI=1S/C18H26FN3O4S.HI/c1-4-20-17(22-5-6-27(23,24)18(2,3)11-22)21-9-13-7-15(19)8-14-10-25-12-26-16(13)14;/h7-8H,4-6,9-12H2,1-3H3,(H,20,21);1H. The summed E-state index contributed by atoms with van der Waals surface area (Å²) in [5, 5.41) is 3.20. The Bertz CT molecular complexity index is 845. The van der Waals surface area contributed by atoms with E-state index >= 15 is 0 Å². The number of ether oxygens (including phenoxy) is 2. The highest BCUT2D eigenvalue weighted by atomic mass is 127. The molecule has 2 heterocycles. The number of sulfone groups is 1. The molecule has 2 aliphatic rings. The van der Waals surface area contributed by atoms with Crippen molar-refractivity contribution in [1.82, 2.24) is 10.2 Å². The predicted molar refractivity (Wildman–Crippen MR) is 116 cm³/mol. The van der Waals surface area contributed by atoms with Crippen LogP contribution in [-0.4, -0.2) is 56.2 Å². The summed E-state index contributed by atoms with van der Waals surface area (Å²) in [6, 6.07) is 2.83. The molecule has 0 atom stereocenters. The maximum atomic E-state index is 13.9. The zero-order chi connectivity index (χ0) is 19.7. The Hall–Kier alpha value is -1.14. The number of guanidine groups is 1. The van der Waals surface area contributed by atoms with E-state index in [2.05, 4.69) is 10.3 Å². The largest absolute Gasteiger partial charge is 0.467 e. The van der Waals surface area contributed by atoms with Gasteiger partial charge in [-0.1, -0.05) is 0 Å². The van der Waals surface area contributed by atoms with Crippen LogP contribution in [0.4, 0.5) is 4.39 Å². The van der Waals surface area contributed by atoms with Gasteiger partial charge in [-0.15, -0.1) is 24.0 Å². The summed E-state index contributed by atoms with van der Waals surface area (Å²) < 4.78 is 48.3. The van der Waals surface area contributed by atoms with Crippen LogP contribution in [0.2, 0.25) is 0 Å². The predicted octanol–water partition coefficient (Wildman–Crippen LogP) is 2.28. The van der Waals surface area contributed by atoms with E-state index in [9.17, 15) is 12.8 Å². The van der Waals surface area contributed by atoms with Gasteiger partial charge in [0.25, 0.3) is 0 Å². The molecule has 0 unspecified atom stereocenters. The Kier molecular flexibility index (Phi) is 7.54. The molecule has 1 N–H and O–H groups in total. The number of nitrogens with one attached hydrogen (secondary N) is 1. The minimum absolute atomic E-state index is 0. The van der Waals surface area contributed by atoms with Crippen LogP contribution >= 0.6 is 24.0 Å². The molecule has 0 amide bonds. The fraction of sp³-hybridized carbons (Fsp3) is 0.611. The summed E-state index contributed by atoms with van der Waals surface area (Å²) in [6.07, 6.45) is 0. The van der Waals surface area contributed by atoms with E-state index in [0.717, 1.165) is 0 Å². The van der Waals surface area contributed by atoms with Crippen molar-refractivity contribution < 1.29 is 22.3 Å². The van der Waals surface area contributed by atoms with E-state index in [4.69, 9.17) is 9.47 Å². The molecule has 0 bridgehead atoms. The molecule has 3 rings (SSSR count). The minimum Gasteiger partial charge on any atom is -0.467 e. The maximum Gasteiger partial charge on any atom is 0.194 e. The van der Waals surface area contributed by atoms with Crippen molar-refractivity contribution in [1.29, 1.82) is 0 Å². The second-order valence-electron chi connectivity index (χ2n) is 7.33. The molecular weight excluding hydrogens is 500 g/mol. The number of aliphatic imine (C=N–C) groups is 1. The first-order chi connectivity index (χ1) is 12.7. The number of rotatable bonds is 3. The van der Waals surface area contributed by atoms with E-state index in [1.165, 1.54) is 12.1 Å². The third-order valence-electron chi connectivity index (χ3n) is 4.83. The van der Waals surface area contributed by atoms with E-state index in [1.54, 1.807) is 13.8 Å². The van der Waals surface area contributed by atoms with Gasteiger partial charge in [0.2, 0.25) is 0 Å². The molecule has 0 spiro atoms. The topological polar surface area (TPSA) is 80.2 Å². The van der Waals surface area contributed by atoms with Gasteiger partial charge in [-0.05, 0) is 32.9 Å². The molecule has 0 aliphatic carbocycles. The molecule has 1 fully saturated rings. The molecule has 1 saturated heterocycles. The first kappa shape index (κ1) is 23.1. The van der Waals surface area contributed by atoms with Crippen LogP contribution < -0.4 is 10.1 Å². The minimum atomic E-state index is -3.14. The molecule has 0 radical (unpaired) electrons. The normalized spacial score (nSPS) is 20.6. The van der Waals surface area contributed by atoms with Crippen LogP contribution in [0.5, 0.6) is 5.75 Å². The van der Waals surface area contributed by atoms with Crippen LogP contribution in [0.25, 0.3) is 0 Å². The van der Waals surface area contributed by atoms with Gasteiger partial charge in [0.1, 0.15) is 11.6 Å². The van der Waals surface area contributed by atoms with Gasteiger partial charge in [0.05, 0.1) is 23.7 Å². The highest BCUT2D eigenvalue weighted by Crippen LogP contribution is 2.30. The smallest absolute Gasteiger partial charge is 0.194 e. The van der Waals surface area contributed by atoms with Gasteiger partial charge in [0, 0.05) is 30.8 Å². The van der Waals surface area contributed by atoms with Gasteiger partial charge in [-0.25, -0.2) is 17.8 Å². The average Bonchev–Trinajstić information content (AvgIpc) is 2.60. The third kappa shape index (κ3) is 4.88. The van der Waals surface area contributed by atoms with E-state index in [0.29, 0.717) is 49.1 Å². The number of halogens is 2. The van der Waals surface area contributed by atoms with Crippen molar-refractivity contribution >= 4 is 39.8 Å². The zero-order valence-corrected chi connectivity index (χ0v) is 19.5. The SMILES string of the molecule is CCNC(=NCc1cc(F)cc2c1OCOC2)N1CCS(=O)(=O)C(C)(C)C1.I. The van der Waals surface area contributed by atoms with Gasteiger partial charge >= 0.3 is 0 Å². The second kappa shape index (κ2) is 9.12. The Labute approximate surface area is 182 Å². The lowest BCUT2D eigenvalue weighted by atomic mass is 10.1. The molecular formula is C18H27FIN3O4S. The van der Waals surface area contributed by atoms with Crippen molar-refractivity contribution in [3.63, 3.8) is 0 Å². The van der Waals surface area contributed by atoms with Crippen LogP contribution in [0.15, 0.2) is 17.1 Å². The number of fused-ring (bicyclic) bond motifs is 1. The average molecular weight is 527 g/mol. The summed E-state index contributed by atoms with van der Waals surface area (Å²) in [5.74, 6) is 0.956. The summed E-state index contributed by atoms with van der Waals surface area (Å²) in [7, 11) is -3.14. The van der Waals surface area contributed by atoms with Crippen molar-refractivity contribution in [3.8, 4) is 5.75 Å². The van der Waals surface area contributed by atoms with Crippen LogP contribution in [0.3, 0.4) is 0 Å². The first-order valence-corrected chi connectivity index (χ1v) is 10.7. The number of hydrogen-bond donors (Lipinski definition) is 1. The molecule has 1 aromatic carbocycles. The zero-order valence-electron chi connectivity index (χ0n) is 16.3. The molecule has 0 aromatic heterocycles. The summed E-state index contributed by atoms with van der Waals surface area (Å²) in [5.41, 5.74) is 1.31. The lowest BCUT2D eigenvalue weighted by Gasteiger charge is -2.39. The molecule has 7 nitrogen and oxygen atoms in total. The van der Waals surface area contributed by atoms with E-state index < -0.39 is 14.6 Å². The Morgan fingerprint density at radius 3 is 2.82 bits per heavy atom. The lowest BCUT2D eigenvalue weighted by Crippen LogP contribution is -2.57. The summed E-state index contributed by atoms with van der Waals surface area (Å²) in [4.78, 5) is 6.56. The molecule has 2 aliphatic heterocycles. The van der Waals surface area contributed by atoms with Crippen LogP contribution in [0.1, 0.15) is 31.9 Å². The number of hydrogen-bond acceptors (Lipinski definition) is 5. The van der Waals surface area contributed by atoms with E-state index in [1.807, 2.05) is 11.8 Å². The highest BCUT2D eigenvalue weighted by molar-refractivity contribution is 14.0. The summed E-state index contributed by atoms with van der Waals surface area (Å²) in [6.45, 7) is 7.46. The monoisotopic (exact) mass is 527 g/mol.